The van der Waals surface area contributed by atoms with E-state index in [1.807, 2.05) is 0 Å². The Morgan fingerprint density at radius 1 is 1.20 bits per heavy atom. The van der Waals surface area contributed by atoms with E-state index in [2.05, 4.69) is 32.0 Å². The molecule has 1 fully saturated rings. The number of hydrogen-bond acceptors (Lipinski definition) is 1. The number of benzene rings is 1. The van der Waals surface area contributed by atoms with Gasteiger partial charge < -0.3 is 0 Å². The van der Waals surface area contributed by atoms with Gasteiger partial charge in [-0.1, -0.05) is 29.3 Å². The van der Waals surface area contributed by atoms with E-state index in [0.29, 0.717) is 11.7 Å². The zero-order valence-electron chi connectivity index (χ0n) is 9.55. The van der Waals surface area contributed by atoms with Crippen molar-refractivity contribution in [3.05, 3.63) is 34.9 Å². The van der Waals surface area contributed by atoms with Crippen LogP contribution >= 0.6 is 0 Å². The first-order chi connectivity index (χ1) is 7.15. The van der Waals surface area contributed by atoms with Crippen LogP contribution in [0.5, 0.6) is 0 Å². The molecule has 1 aliphatic rings. The topological polar surface area (TPSA) is 17.1 Å². The van der Waals surface area contributed by atoms with Gasteiger partial charge in [-0.05, 0) is 38.7 Å². The van der Waals surface area contributed by atoms with Crippen LogP contribution in [0.2, 0.25) is 0 Å². The molecule has 1 nitrogen and oxygen atoms in total. The molecule has 15 heavy (non-hydrogen) atoms. The van der Waals surface area contributed by atoms with Gasteiger partial charge in [0.2, 0.25) is 0 Å². The minimum absolute atomic E-state index is 0.413. The summed E-state index contributed by atoms with van der Waals surface area (Å²) in [5, 5.41) is 0. The molecule has 1 aliphatic carbocycles. The van der Waals surface area contributed by atoms with Crippen LogP contribution in [-0.4, -0.2) is 5.78 Å². The summed E-state index contributed by atoms with van der Waals surface area (Å²) in [5.74, 6) is 0.880. The van der Waals surface area contributed by atoms with Crippen molar-refractivity contribution in [2.75, 3.05) is 0 Å². The molecular weight excluding hydrogens is 184 g/mol. The smallest absolute Gasteiger partial charge is 0.136 e. The monoisotopic (exact) mass is 202 g/mol. The fourth-order valence-electron chi connectivity index (χ4n) is 2.09. The van der Waals surface area contributed by atoms with E-state index in [0.717, 1.165) is 25.7 Å². The first-order valence-electron chi connectivity index (χ1n) is 5.75. The van der Waals surface area contributed by atoms with E-state index < -0.39 is 0 Å². The predicted molar refractivity (Wildman–Crippen MR) is 62.0 cm³/mol. The van der Waals surface area contributed by atoms with Crippen LogP contribution in [0.15, 0.2) is 18.2 Å². The lowest BCUT2D eigenvalue weighted by Gasteiger charge is -2.04. The first kappa shape index (κ1) is 10.4. The lowest BCUT2D eigenvalue weighted by molar-refractivity contribution is -0.120. The number of rotatable bonds is 4. The maximum absolute atomic E-state index is 11.5. The van der Waals surface area contributed by atoms with E-state index in [1.165, 1.54) is 16.7 Å². The number of carbonyl (C=O) groups excluding carboxylic acids is 1. The van der Waals surface area contributed by atoms with Crippen molar-refractivity contribution in [3.8, 4) is 0 Å². The minimum atomic E-state index is 0.413. The molecule has 0 bridgehead atoms. The molecule has 1 aromatic carbocycles. The molecule has 0 N–H and O–H groups in total. The highest BCUT2D eigenvalue weighted by Crippen LogP contribution is 2.31. The molecule has 0 radical (unpaired) electrons. The van der Waals surface area contributed by atoms with Gasteiger partial charge in [0.1, 0.15) is 5.78 Å². The van der Waals surface area contributed by atoms with Gasteiger partial charge in [0.25, 0.3) is 0 Å². The van der Waals surface area contributed by atoms with Gasteiger partial charge in [0, 0.05) is 12.3 Å². The fourth-order valence-corrected chi connectivity index (χ4v) is 2.09. The highest BCUT2D eigenvalue weighted by molar-refractivity contribution is 5.83. The number of aryl methyl sites for hydroxylation is 3. The molecule has 0 unspecified atom stereocenters. The van der Waals surface area contributed by atoms with Crippen molar-refractivity contribution >= 4 is 5.78 Å². The highest BCUT2D eigenvalue weighted by Gasteiger charge is 2.28. The van der Waals surface area contributed by atoms with Gasteiger partial charge in [0.05, 0.1) is 0 Å². The van der Waals surface area contributed by atoms with Gasteiger partial charge in [-0.25, -0.2) is 0 Å². The van der Waals surface area contributed by atoms with Gasteiger partial charge in [-0.2, -0.15) is 0 Å². The summed E-state index contributed by atoms with van der Waals surface area (Å²) in [6.45, 7) is 4.22. The number of ketones is 1. The third kappa shape index (κ3) is 2.92. The largest absolute Gasteiger partial charge is 0.299 e. The minimum Gasteiger partial charge on any atom is -0.299 e. The Bertz CT molecular complexity index is 355. The third-order valence-electron chi connectivity index (χ3n) is 2.97. The molecule has 80 valence electrons. The van der Waals surface area contributed by atoms with Crippen LogP contribution in [0.3, 0.4) is 0 Å². The Morgan fingerprint density at radius 2 is 1.80 bits per heavy atom. The summed E-state index contributed by atoms with van der Waals surface area (Å²) in [7, 11) is 0. The average molecular weight is 202 g/mol. The number of hydrogen-bond donors (Lipinski definition) is 0. The number of carbonyl (C=O) groups is 1. The van der Waals surface area contributed by atoms with Crippen LogP contribution in [0.4, 0.5) is 0 Å². The Morgan fingerprint density at radius 3 is 2.33 bits per heavy atom. The maximum Gasteiger partial charge on any atom is 0.136 e. The zero-order valence-corrected chi connectivity index (χ0v) is 9.55. The zero-order chi connectivity index (χ0) is 10.8. The van der Waals surface area contributed by atoms with Crippen LogP contribution in [0.1, 0.15) is 36.0 Å². The Labute approximate surface area is 91.5 Å². The maximum atomic E-state index is 11.5. The molecule has 0 spiro atoms. The Hall–Kier alpha value is -1.11. The molecule has 1 saturated carbocycles. The Kier molecular flexibility index (Phi) is 2.90. The summed E-state index contributed by atoms with van der Waals surface area (Å²) in [6.07, 6.45) is 3.91. The second kappa shape index (κ2) is 4.18. The average Bonchev–Trinajstić information content (AvgIpc) is 2.95. The molecular formula is C14H18O. The molecule has 1 aromatic rings. The lowest BCUT2D eigenvalue weighted by atomic mass is 10.0. The second-order valence-electron chi connectivity index (χ2n) is 4.74. The van der Waals surface area contributed by atoms with Crippen molar-refractivity contribution in [1.29, 1.82) is 0 Å². The molecule has 0 saturated heterocycles. The van der Waals surface area contributed by atoms with Crippen molar-refractivity contribution < 1.29 is 4.79 Å². The molecule has 1 heteroatoms. The van der Waals surface area contributed by atoms with Gasteiger partial charge >= 0.3 is 0 Å². The second-order valence-corrected chi connectivity index (χ2v) is 4.74. The molecule has 2 rings (SSSR count). The van der Waals surface area contributed by atoms with Crippen LogP contribution < -0.4 is 0 Å². The van der Waals surface area contributed by atoms with Crippen molar-refractivity contribution in [2.24, 2.45) is 5.92 Å². The molecule has 0 atom stereocenters. The summed E-state index contributed by atoms with van der Waals surface area (Å²) in [4.78, 5) is 11.5. The van der Waals surface area contributed by atoms with Crippen LogP contribution in [-0.2, 0) is 11.2 Å². The van der Waals surface area contributed by atoms with Crippen molar-refractivity contribution in [2.45, 2.75) is 39.5 Å². The van der Waals surface area contributed by atoms with Crippen molar-refractivity contribution in [3.63, 3.8) is 0 Å². The molecule has 0 heterocycles. The van der Waals surface area contributed by atoms with E-state index in [4.69, 9.17) is 0 Å². The summed E-state index contributed by atoms with van der Waals surface area (Å²) in [5.41, 5.74) is 3.90. The van der Waals surface area contributed by atoms with Gasteiger partial charge in [0.15, 0.2) is 0 Å². The normalized spacial score (nSPS) is 15.3. The van der Waals surface area contributed by atoms with Crippen molar-refractivity contribution in [1.82, 2.24) is 0 Å². The van der Waals surface area contributed by atoms with Gasteiger partial charge in [-0.3, -0.25) is 4.79 Å². The standard InChI is InChI=1S/C14H18O/c1-10-7-11(2)9-12(8-10)3-6-14(15)13-4-5-13/h7-9,13H,3-6H2,1-2H3. The molecule has 0 amide bonds. The predicted octanol–water partition coefficient (Wildman–Crippen LogP) is 3.22. The van der Waals surface area contributed by atoms with Crippen LogP contribution in [0, 0.1) is 19.8 Å². The first-order valence-corrected chi connectivity index (χ1v) is 5.75. The molecule has 0 aliphatic heterocycles. The fraction of sp³-hybridized carbons (Fsp3) is 0.500. The summed E-state index contributed by atoms with van der Waals surface area (Å²) in [6, 6.07) is 6.55. The quantitative estimate of drug-likeness (QED) is 0.732. The molecule has 0 aromatic heterocycles. The van der Waals surface area contributed by atoms with E-state index in [1.54, 1.807) is 0 Å². The van der Waals surface area contributed by atoms with E-state index >= 15 is 0 Å². The SMILES string of the molecule is Cc1cc(C)cc(CCC(=O)C2CC2)c1. The number of Topliss-reactive ketones (excluding diaryl/α,β-unsaturated/α-hetero) is 1. The van der Waals surface area contributed by atoms with E-state index in [9.17, 15) is 4.79 Å². The van der Waals surface area contributed by atoms with Crippen LogP contribution in [0.25, 0.3) is 0 Å². The summed E-state index contributed by atoms with van der Waals surface area (Å²) < 4.78 is 0. The van der Waals surface area contributed by atoms with Gasteiger partial charge in [-0.15, -0.1) is 0 Å². The Balaban J connectivity index is 1.94. The van der Waals surface area contributed by atoms with E-state index in [-0.39, 0.29) is 0 Å². The third-order valence-corrected chi connectivity index (χ3v) is 2.97. The summed E-state index contributed by atoms with van der Waals surface area (Å²) >= 11 is 0. The highest BCUT2D eigenvalue weighted by atomic mass is 16.1. The lowest BCUT2D eigenvalue weighted by Crippen LogP contribution is -2.02.